The topological polar surface area (TPSA) is 29.3 Å². The van der Waals surface area contributed by atoms with E-state index < -0.39 is 0 Å². The van der Waals surface area contributed by atoms with Crippen LogP contribution in [0.2, 0.25) is 0 Å². The zero-order chi connectivity index (χ0) is 13.2. The number of rotatable bonds is 3. The van der Waals surface area contributed by atoms with E-state index in [4.69, 9.17) is 5.73 Å². The predicted octanol–water partition coefficient (Wildman–Crippen LogP) is 2.88. The molecule has 2 N–H and O–H groups in total. The van der Waals surface area contributed by atoms with Gasteiger partial charge in [-0.1, -0.05) is 51.1 Å². The van der Waals surface area contributed by atoms with E-state index in [1.807, 2.05) is 0 Å². The van der Waals surface area contributed by atoms with Crippen molar-refractivity contribution in [3.63, 3.8) is 0 Å². The average molecular weight is 246 g/mol. The molecule has 1 aromatic rings. The standard InChI is InChI=1S/C16H26N2/c1-4-16(3)12-18(10-13(2)15(16)17)11-14-8-6-5-7-9-14/h5-9,13,15H,4,10-12,17H2,1-3H3. The summed E-state index contributed by atoms with van der Waals surface area (Å²) in [4.78, 5) is 2.56. The quantitative estimate of drug-likeness (QED) is 0.888. The SMILES string of the molecule is CCC1(C)CN(Cc2ccccc2)CC(C)C1N. The van der Waals surface area contributed by atoms with Crippen molar-refractivity contribution >= 4 is 0 Å². The normalized spacial score (nSPS) is 33.6. The number of hydrogen-bond donors (Lipinski definition) is 1. The second-order valence-electron chi connectivity index (χ2n) is 6.17. The highest BCUT2D eigenvalue weighted by Gasteiger charge is 2.39. The lowest BCUT2D eigenvalue weighted by atomic mass is 9.71. The first-order valence-corrected chi connectivity index (χ1v) is 7.07. The molecule has 0 amide bonds. The molecule has 1 saturated heterocycles. The average Bonchev–Trinajstić information content (AvgIpc) is 2.37. The monoisotopic (exact) mass is 246 g/mol. The van der Waals surface area contributed by atoms with Gasteiger partial charge in [-0.25, -0.2) is 0 Å². The van der Waals surface area contributed by atoms with E-state index in [9.17, 15) is 0 Å². The van der Waals surface area contributed by atoms with Crippen LogP contribution in [-0.2, 0) is 6.54 Å². The molecular weight excluding hydrogens is 220 g/mol. The van der Waals surface area contributed by atoms with Gasteiger partial charge in [-0.05, 0) is 23.3 Å². The molecule has 18 heavy (non-hydrogen) atoms. The first-order chi connectivity index (χ1) is 8.55. The summed E-state index contributed by atoms with van der Waals surface area (Å²) in [6.07, 6.45) is 1.16. The second-order valence-corrected chi connectivity index (χ2v) is 6.17. The maximum atomic E-state index is 6.40. The Morgan fingerprint density at radius 3 is 2.61 bits per heavy atom. The molecule has 1 aliphatic heterocycles. The van der Waals surface area contributed by atoms with Crippen molar-refractivity contribution in [2.75, 3.05) is 13.1 Å². The lowest BCUT2D eigenvalue weighted by molar-refractivity contribution is 0.0355. The van der Waals surface area contributed by atoms with Crippen LogP contribution in [0.15, 0.2) is 30.3 Å². The number of piperidine rings is 1. The second kappa shape index (κ2) is 5.41. The number of likely N-dealkylation sites (tertiary alicyclic amines) is 1. The summed E-state index contributed by atoms with van der Waals surface area (Å²) >= 11 is 0. The number of benzene rings is 1. The van der Waals surface area contributed by atoms with Gasteiger partial charge in [0.05, 0.1) is 0 Å². The Hall–Kier alpha value is -0.860. The van der Waals surface area contributed by atoms with Crippen LogP contribution in [0.4, 0.5) is 0 Å². The molecule has 1 fully saturated rings. The van der Waals surface area contributed by atoms with Crippen LogP contribution >= 0.6 is 0 Å². The first kappa shape index (κ1) is 13.6. The Bertz CT molecular complexity index is 376. The highest BCUT2D eigenvalue weighted by atomic mass is 15.2. The maximum Gasteiger partial charge on any atom is 0.0234 e. The van der Waals surface area contributed by atoms with Crippen LogP contribution in [0.3, 0.4) is 0 Å². The third-order valence-electron chi connectivity index (χ3n) is 4.61. The zero-order valence-corrected chi connectivity index (χ0v) is 11.9. The lowest BCUT2D eigenvalue weighted by Crippen LogP contribution is -2.57. The molecule has 0 aromatic heterocycles. The summed E-state index contributed by atoms with van der Waals surface area (Å²) < 4.78 is 0. The Balaban J connectivity index is 2.07. The van der Waals surface area contributed by atoms with Crippen molar-refractivity contribution in [3.8, 4) is 0 Å². The molecule has 3 unspecified atom stereocenters. The molecule has 3 atom stereocenters. The summed E-state index contributed by atoms with van der Waals surface area (Å²) in [7, 11) is 0. The predicted molar refractivity (Wildman–Crippen MR) is 77.3 cm³/mol. The molecule has 100 valence electrons. The van der Waals surface area contributed by atoms with Crippen molar-refractivity contribution < 1.29 is 0 Å². The molecule has 0 aliphatic carbocycles. The van der Waals surface area contributed by atoms with Gasteiger partial charge in [0, 0.05) is 25.7 Å². The minimum absolute atomic E-state index is 0.256. The van der Waals surface area contributed by atoms with Crippen LogP contribution < -0.4 is 5.73 Å². The van der Waals surface area contributed by atoms with Gasteiger partial charge < -0.3 is 5.73 Å². The molecule has 0 bridgehead atoms. The van der Waals surface area contributed by atoms with Crippen molar-refractivity contribution in [2.45, 2.75) is 39.8 Å². The van der Waals surface area contributed by atoms with E-state index in [1.165, 1.54) is 5.56 Å². The van der Waals surface area contributed by atoms with E-state index >= 15 is 0 Å². The highest BCUT2D eigenvalue weighted by Crippen LogP contribution is 2.35. The van der Waals surface area contributed by atoms with Crippen LogP contribution in [-0.4, -0.2) is 24.0 Å². The van der Waals surface area contributed by atoms with Crippen LogP contribution in [0.25, 0.3) is 0 Å². The van der Waals surface area contributed by atoms with E-state index in [2.05, 4.69) is 56.0 Å². The summed E-state index contributed by atoms with van der Waals surface area (Å²) in [5.74, 6) is 0.576. The van der Waals surface area contributed by atoms with Crippen LogP contribution in [0.5, 0.6) is 0 Å². The van der Waals surface area contributed by atoms with Gasteiger partial charge in [0.25, 0.3) is 0 Å². The fraction of sp³-hybridized carbons (Fsp3) is 0.625. The van der Waals surface area contributed by atoms with Gasteiger partial charge in [-0.15, -0.1) is 0 Å². The zero-order valence-electron chi connectivity index (χ0n) is 11.9. The van der Waals surface area contributed by atoms with E-state index in [-0.39, 0.29) is 5.41 Å². The molecule has 0 saturated carbocycles. The highest BCUT2D eigenvalue weighted by molar-refractivity contribution is 5.15. The van der Waals surface area contributed by atoms with E-state index in [1.54, 1.807) is 0 Å². The molecule has 2 nitrogen and oxygen atoms in total. The Labute approximate surface area is 111 Å². The van der Waals surface area contributed by atoms with Crippen molar-refractivity contribution in [2.24, 2.45) is 17.1 Å². The first-order valence-electron chi connectivity index (χ1n) is 7.07. The fourth-order valence-electron chi connectivity index (χ4n) is 3.20. The summed E-state index contributed by atoms with van der Waals surface area (Å²) in [5, 5.41) is 0. The van der Waals surface area contributed by atoms with Gasteiger partial charge in [0.1, 0.15) is 0 Å². The third-order valence-corrected chi connectivity index (χ3v) is 4.61. The Morgan fingerprint density at radius 2 is 2.00 bits per heavy atom. The molecular formula is C16H26N2. The van der Waals surface area contributed by atoms with Gasteiger partial charge in [-0.3, -0.25) is 4.90 Å². The third kappa shape index (κ3) is 2.76. The molecule has 0 spiro atoms. The molecule has 1 aromatic carbocycles. The molecule has 0 radical (unpaired) electrons. The number of hydrogen-bond acceptors (Lipinski definition) is 2. The van der Waals surface area contributed by atoms with Crippen molar-refractivity contribution in [1.82, 2.24) is 4.90 Å². The van der Waals surface area contributed by atoms with Gasteiger partial charge in [0.15, 0.2) is 0 Å². The van der Waals surface area contributed by atoms with Crippen LogP contribution in [0.1, 0.15) is 32.8 Å². The van der Waals surface area contributed by atoms with Gasteiger partial charge >= 0.3 is 0 Å². The minimum atomic E-state index is 0.256. The number of nitrogens with zero attached hydrogens (tertiary/aromatic N) is 1. The Morgan fingerprint density at radius 1 is 1.33 bits per heavy atom. The largest absolute Gasteiger partial charge is 0.327 e. The van der Waals surface area contributed by atoms with Crippen molar-refractivity contribution in [3.05, 3.63) is 35.9 Å². The Kier molecular flexibility index (Phi) is 4.08. The summed E-state index contributed by atoms with van der Waals surface area (Å²) in [6, 6.07) is 11.1. The van der Waals surface area contributed by atoms with E-state index in [0.717, 1.165) is 26.1 Å². The fourth-order valence-corrected chi connectivity index (χ4v) is 3.20. The van der Waals surface area contributed by atoms with Gasteiger partial charge in [0.2, 0.25) is 0 Å². The van der Waals surface area contributed by atoms with E-state index in [0.29, 0.717) is 12.0 Å². The summed E-state index contributed by atoms with van der Waals surface area (Å²) in [6.45, 7) is 10.2. The summed E-state index contributed by atoms with van der Waals surface area (Å²) in [5.41, 5.74) is 8.05. The molecule has 1 aliphatic rings. The molecule has 2 rings (SSSR count). The molecule has 1 heterocycles. The van der Waals surface area contributed by atoms with Gasteiger partial charge in [-0.2, -0.15) is 0 Å². The minimum Gasteiger partial charge on any atom is -0.327 e. The maximum absolute atomic E-state index is 6.40. The van der Waals surface area contributed by atoms with Crippen molar-refractivity contribution in [1.29, 1.82) is 0 Å². The lowest BCUT2D eigenvalue weighted by Gasteiger charge is -2.48. The number of nitrogens with two attached hydrogens (primary N) is 1. The van der Waals surface area contributed by atoms with Crippen LogP contribution in [0, 0.1) is 11.3 Å². The smallest absolute Gasteiger partial charge is 0.0234 e. The molecule has 2 heteroatoms.